The summed E-state index contributed by atoms with van der Waals surface area (Å²) in [4.78, 5) is 18.9. The molecular weight excluding hydrogens is 242 g/mol. The van der Waals surface area contributed by atoms with Crippen LogP contribution in [0.15, 0.2) is 23.0 Å². The summed E-state index contributed by atoms with van der Waals surface area (Å²) < 4.78 is 0. The molecule has 1 heterocycles. The first-order valence-electron chi connectivity index (χ1n) is 6.66. The Bertz CT molecular complexity index is 634. The molecule has 5 heteroatoms. The Hall–Kier alpha value is -1.75. The van der Waals surface area contributed by atoms with Crippen molar-refractivity contribution in [3.8, 4) is 0 Å². The van der Waals surface area contributed by atoms with Gasteiger partial charge in [0.05, 0.1) is 17.6 Å². The molecule has 1 fully saturated rings. The molecule has 0 amide bonds. The van der Waals surface area contributed by atoms with Gasteiger partial charge in [0.1, 0.15) is 0 Å². The number of aliphatic hydroxyl groups is 1. The maximum Gasteiger partial charge on any atom is 0.323 e. The van der Waals surface area contributed by atoms with Gasteiger partial charge in [0, 0.05) is 24.7 Å². The van der Waals surface area contributed by atoms with Gasteiger partial charge in [-0.15, -0.1) is 0 Å². The van der Waals surface area contributed by atoms with E-state index in [1.807, 2.05) is 25.2 Å². The quantitative estimate of drug-likeness (QED) is 0.780. The minimum atomic E-state index is -0.180. The topological polar surface area (TPSA) is 72.1 Å². The Morgan fingerprint density at radius 1 is 1.32 bits per heavy atom. The summed E-state index contributed by atoms with van der Waals surface area (Å²) in [7, 11) is 2.03. The molecule has 102 valence electrons. The monoisotopic (exact) mass is 261 g/mol. The van der Waals surface area contributed by atoms with Crippen molar-refractivity contribution < 1.29 is 5.11 Å². The molecule has 3 rings (SSSR count). The summed E-state index contributed by atoms with van der Waals surface area (Å²) in [6, 6.07) is 5.87. The van der Waals surface area contributed by atoms with E-state index in [2.05, 4.69) is 14.9 Å². The lowest BCUT2D eigenvalue weighted by atomic mass is 9.69. The molecule has 0 unspecified atom stereocenters. The number of nitrogens with one attached hydrogen (secondary N) is 2. The highest BCUT2D eigenvalue weighted by molar-refractivity contribution is 5.78. The van der Waals surface area contributed by atoms with Crippen LogP contribution in [-0.2, 0) is 0 Å². The van der Waals surface area contributed by atoms with E-state index < -0.39 is 0 Å². The largest absolute Gasteiger partial charge is 0.396 e. The fraction of sp³-hybridized carbons (Fsp3) is 0.500. The lowest BCUT2D eigenvalue weighted by Crippen LogP contribution is -2.43. The molecule has 1 aromatic heterocycles. The van der Waals surface area contributed by atoms with Crippen LogP contribution in [0.4, 0.5) is 5.69 Å². The third kappa shape index (κ3) is 2.14. The molecule has 0 aliphatic heterocycles. The number of anilines is 1. The zero-order valence-corrected chi connectivity index (χ0v) is 11.1. The van der Waals surface area contributed by atoms with Crippen LogP contribution in [0.1, 0.15) is 19.3 Å². The summed E-state index contributed by atoms with van der Waals surface area (Å²) in [5, 5.41) is 9.53. The lowest BCUT2D eigenvalue weighted by Gasteiger charge is -2.43. The fourth-order valence-corrected chi connectivity index (χ4v) is 2.90. The fourth-order valence-electron chi connectivity index (χ4n) is 2.90. The SMILES string of the molecule is CN(CC1(CO)CCC1)c1ccc2[nH]c(=O)[nH]c2c1. The van der Waals surface area contributed by atoms with Gasteiger partial charge in [0.25, 0.3) is 0 Å². The van der Waals surface area contributed by atoms with Crippen LogP contribution in [0.25, 0.3) is 11.0 Å². The third-order valence-electron chi connectivity index (χ3n) is 4.26. The van der Waals surface area contributed by atoms with E-state index in [1.165, 1.54) is 6.42 Å². The van der Waals surface area contributed by atoms with Crippen LogP contribution in [-0.4, -0.2) is 35.3 Å². The number of hydrogen-bond acceptors (Lipinski definition) is 3. The molecule has 1 aromatic carbocycles. The van der Waals surface area contributed by atoms with Gasteiger partial charge in [-0.1, -0.05) is 6.42 Å². The minimum Gasteiger partial charge on any atom is -0.396 e. The molecule has 0 saturated heterocycles. The van der Waals surface area contributed by atoms with Gasteiger partial charge in [0.2, 0.25) is 0 Å². The number of aliphatic hydroxyl groups excluding tert-OH is 1. The predicted molar refractivity (Wildman–Crippen MR) is 75.6 cm³/mol. The van der Waals surface area contributed by atoms with Gasteiger partial charge < -0.3 is 20.0 Å². The summed E-state index contributed by atoms with van der Waals surface area (Å²) in [5.41, 5.74) is 2.58. The van der Waals surface area contributed by atoms with Crippen molar-refractivity contribution in [1.82, 2.24) is 9.97 Å². The number of aromatic amines is 2. The Balaban J connectivity index is 1.84. The van der Waals surface area contributed by atoms with E-state index in [0.717, 1.165) is 36.1 Å². The van der Waals surface area contributed by atoms with Crippen LogP contribution in [0, 0.1) is 5.41 Å². The van der Waals surface area contributed by atoms with Crippen LogP contribution in [0.5, 0.6) is 0 Å². The average molecular weight is 261 g/mol. The molecule has 1 aliphatic rings. The van der Waals surface area contributed by atoms with Gasteiger partial charge in [-0.25, -0.2) is 4.79 Å². The Labute approximate surface area is 111 Å². The zero-order valence-electron chi connectivity index (χ0n) is 11.1. The molecular formula is C14H19N3O2. The molecule has 2 aromatic rings. The van der Waals surface area contributed by atoms with Crippen molar-refractivity contribution in [2.24, 2.45) is 5.41 Å². The van der Waals surface area contributed by atoms with Crippen LogP contribution in [0.3, 0.4) is 0 Å². The second-order valence-electron chi connectivity index (χ2n) is 5.68. The highest BCUT2D eigenvalue weighted by Gasteiger charge is 2.37. The van der Waals surface area contributed by atoms with Gasteiger partial charge in [-0.05, 0) is 31.0 Å². The Morgan fingerprint density at radius 2 is 2.05 bits per heavy atom. The van der Waals surface area contributed by atoms with Crippen molar-refractivity contribution in [2.45, 2.75) is 19.3 Å². The van der Waals surface area contributed by atoms with Crippen LogP contribution >= 0.6 is 0 Å². The first-order chi connectivity index (χ1) is 9.12. The predicted octanol–water partition coefficient (Wildman–Crippen LogP) is 1.45. The Morgan fingerprint density at radius 3 is 2.68 bits per heavy atom. The summed E-state index contributed by atoms with van der Waals surface area (Å²) in [5.74, 6) is 0. The molecule has 0 spiro atoms. The molecule has 5 nitrogen and oxygen atoms in total. The minimum absolute atomic E-state index is 0.0647. The smallest absolute Gasteiger partial charge is 0.323 e. The number of aromatic nitrogens is 2. The number of hydrogen-bond donors (Lipinski definition) is 3. The van der Waals surface area contributed by atoms with Crippen molar-refractivity contribution in [2.75, 3.05) is 25.1 Å². The summed E-state index contributed by atoms with van der Waals surface area (Å²) in [6.45, 7) is 1.10. The van der Waals surface area contributed by atoms with E-state index in [1.54, 1.807) is 0 Å². The Kier molecular flexibility index (Phi) is 2.86. The maximum absolute atomic E-state index is 11.2. The van der Waals surface area contributed by atoms with E-state index in [-0.39, 0.29) is 17.7 Å². The zero-order chi connectivity index (χ0) is 13.5. The van der Waals surface area contributed by atoms with E-state index in [4.69, 9.17) is 0 Å². The second kappa shape index (κ2) is 4.42. The first-order valence-corrected chi connectivity index (χ1v) is 6.66. The molecule has 0 bridgehead atoms. The number of imidazole rings is 1. The number of fused-ring (bicyclic) bond motifs is 1. The van der Waals surface area contributed by atoms with E-state index in [0.29, 0.717) is 0 Å². The van der Waals surface area contributed by atoms with Crippen LogP contribution in [0.2, 0.25) is 0 Å². The number of nitrogens with zero attached hydrogens (tertiary/aromatic N) is 1. The van der Waals surface area contributed by atoms with E-state index in [9.17, 15) is 9.90 Å². The van der Waals surface area contributed by atoms with Gasteiger partial charge in [-0.2, -0.15) is 0 Å². The third-order valence-corrected chi connectivity index (χ3v) is 4.26. The second-order valence-corrected chi connectivity index (χ2v) is 5.68. The highest BCUT2D eigenvalue weighted by Crippen LogP contribution is 2.41. The maximum atomic E-state index is 11.2. The number of benzene rings is 1. The van der Waals surface area contributed by atoms with Crippen molar-refractivity contribution in [1.29, 1.82) is 0 Å². The van der Waals surface area contributed by atoms with Crippen molar-refractivity contribution >= 4 is 16.7 Å². The average Bonchev–Trinajstić information content (AvgIpc) is 2.72. The first kappa shape index (κ1) is 12.3. The highest BCUT2D eigenvalue weighted by atomic mass is 16.3. The molecule has 3 N–H and O–H groups in total. The van der Waals surface area contributed by atoms with E-state index >= 15 is 0 Å². The molecule has 0 radical (unpaired) electrons. The van der Waals surface area contributed by atoms with Crippen molar-refractivity contribution in [3.63, 3.8) is 0 Å². The summed E-state index contributed by atoms with van der Waals surface area (Å²) in [6.07, 6.45) is 3.40. The van der Waals surface area contributed by atoms with Crippen LogP contribution < -0.4 is 10.6 Å². The van der Waals surface area contributed by atoms with Gasteiger partial charge in [-0.3, -0.25) is 0 Å². The molecule has 0 atom stereocenters. The standard InChI is InChI=1S/C14H19N3O2/c1-17(8-14(9-18)5-2-6-14)10-3-4-11-12(7-10)16-13(19)15-11/h3-4,7,18H,2,5-6,8-9H2,1H3,(H2,15,16,19). The van der Waals surface area contributed by atoms with Gasteiger partial charge >= 0.3 is 5.69 Å². The molecule has 1 aliphatic carbocycles. The number of rotatable bonds is 4. The normalized spacial score (nSPS) is 17.4. The molecule has 1 saturated carbocycles. The molecule has 19 heavy (non-hydrogen) atoms. The number of H-pyrrole nitrogens is 2. The lowest BCUT2D eigenvalue weighted by molar-refractivity contribution is 0.0524. The van der Waals surface area contributed by atoms with Gasteiger partial charge in [0.15, 0.2) is 0 Å². The van der Waals surface area contributed by atoms with Crippen molar-refractivity contribution in [3.05, 3.63) is 28.7 Å². The summed E-state index contributed by atoms with van der Waals surface area (Å²) >= 11 is 0.